The number of aromatic nitrogens is 1. The minimum atomic E-state index is -0.243. The second kappa shape index (κ2) is 7.88. The summed E-state index contributed by atoms with van der Waals surface area (Å²) >= 11 is 0. The summed E-state index contributed by atoms with van der Waals surface area (Å²) in [7, 11) is 1.59. The van der Waals surface area contributed by atoms with Crippen molar-refractivity contribution in [2.45, 2.75) is 6.42 Å². The molecule has 2 atom stereocenters. The zero-order valence-corrected chi connectivity index (χ0v) is 15.9. The highest BCUT2D eigenvalue weighted by Crippen LogP contribution is 2.41. The molecule has 2 unspecified atom stereocenters. The van der Waals surface area contributed by atoms with Gasteiger partial charge in [-0.05, 0) is 30.7 Å². The number of nitrogens with zero attached hydrogens (tertiary/aromatic N) is 3. The van der Waals surface area contributed by atoms with Gasteiger partial charge in [-0.3, -0.25) is 9.59 Å². The molecule has 1 N–H and O–H groups in total. The van der Waals surface area contributed by atoms with Gasteiger partial charge in [0, 0.05) is 44.1 Å². The zero-order valence-electron chi connectivity index (χ0n) is 15.9. The molecule has 1 aromatic carbocycles. The topological polar surface area (TPSA) is 74.8 Å². The van der Waals surface area contributed by atoms with E-state index in [1.54, 1.807) is 19.4 Å². The number of ether oxygens (including phenoxy) is 1. The van der Waals surface area contributed by atoms with Crippen LogP contribution in [0.3, 0.4) is 0 Å². The Hall–Kier alpha value is -3.09. The molecule has 0 radical (unpaired) electrons. The molecule has 2 fully saturated rings. The molecule has 1 saturated carbocycles. The number of benzene rings is 1. The lowest BCUT2D eigenvalue weighted by molar-refractivity contribution is -0.134. The second-order valence-electron chi connectivity index (χ2n) is 7.17. The summed E-state index contributed by atoms with van der Waals surface area (Å²) in [4.78, 5) is 33.7. The average Bonchev–Trinajstić information content (AvgIpc) is 3.55. The summed E-state index contributed by atoms with van der Waals surface area (Å²) in [6.45, 7) is 2.85. The molecule has 0 bridgehead atoms. The van der Waals surface area contributed by atoms with Crippen LogP contribution in [0.4, 0.5) is 11.5 Å². The normalized spacial score (nSPS) is 21.2. The van der Waals surface area contributed by atoms with Gasteiger partial charge in [0.2, 0.25) is 11.8 Å². The number of amides is 2. The third-order valence-corrected chi connectivity index (χ3v) is 5.35. The molecule has 146 valence electrons. The third-order valence-electron chi connectivity index (χ3n) is 5.35. The Morgan fingerprint density at radius 2 is 1.89 bits per heavy atom. The van der Waals surface area contributed by atoms with Gasteiger partial charge in [0.1, 0.15) is 11.6 Å². The molecule has 28 heavy (non-hydrogen) atoms. The predicted molar refractivity (Wildman–Crippen MR) is 106 cm³/mol. The van der Waals surface area contributed by atoms with E-state index in [0.717, 1.165) is 18.9 Å². The Morgan fingerprint density at radius 3 is 2.61 bits per heavy atom. The van der Waals surface area contributed by atoms with Crippen molar-refractivity contribution in [3.05, 3.63) is 48.7 Å². The smallest absolute Gasteiger partial charge is 0.228 e. The number of carbonyl (C=O) groups is 2. The van der Waals surface area contributed by atoms with Crippen molar-refractivity contribution in [1.29, 1.82) is 0 Å². The molecule has 1 aliphatic carbocycles. The average molecular weight is 380 g/mol. The Balaban J connectivity index is 1.28. The van der Waals surface area contributed by atoms with Crippen molar-refractivity contribution in [3.8, 4) is 5.75 Å². The minimum absolute atomic E-state index is 0.0893. The SMILES string of the molecule is COc1cccc(NC(=O)C2CC2C(=O)N2CCN(c3ccccn3)CC2)c1. The summed E-state index contributed by atoms with van der Waals surface area (Å²) in [5.41, 5.74) is 0.687. The highest BCUT2D eigenvalue weighted by Gasteiger charge is 2.49. The fourth-order valence-corrected chi connectivity index (χ4v) is 3.62. The van der Waals surface area contributed by atoms with Crippen molar-refractivity contribution in [2.75, 3.05) is 43.5 Å². The monoisotopic (exact) mass is 380 g/mol. The third kappa shape index (κ3) is 3.93. The highest BCUT2D eigenvalue weighted by molar-refractivity contribution is 5.99. The summed E-state index contributed by atoms with van der Waals surface area (Å²) in [5, 5.41) is 2.89. The number of carbonyl (C=O) groups excluding carboxylic acids is 2. The van der Waals surface area contributed by atoms with E-state index in [9.17, 15) is 9.59 Å². The molecular formula is C21H24N4O3. The van der Waals surface area contributed by atoms with Crippen LogP contribution in [0.5, 0.6) is 5.75 Å². The van der Waals surface area contributed by atoms with Gasteiger partial charge in [0.05, 0.1) is 18.9 Å². The van der Waals surface area contributed by atoms with Crippen LogP contribution in [0.1, 0.15) is 6.42 Å². The first kappa shape index (κ1) is 18.3. The van der Waals surface area contributed by atoms with Gasteiger partial charge in [-0.2, -0.15) is 0 Å². The maximum absolute atomic E-state index is 12.8. The number of rotatable bonds is 5. The van der Waals surface area contributed by atoms with Crippen molar-refractivity contribution < 1.29 is 14.3 Å². The molecule has 7 nitrogen and oxygen atoms in total. The standard InChI is InChI=1S/C21H24N4O3/c1-28-16-6-4-5-15(13-16)23-20(26)17-14-18(17)21(27)25-11-9-24(10-12-25)19-7-2-3-8-22-19/h2-8,13,17-18H,9-12,14H2,1H3,(H,23,26). The Morgan fingerprint density at radius 1 is 1.07 bits per heavy atom. The molecule has 1 saturated heterocycles. The molecular weight excluding hydrogens is 356 g/mol. The lowest BCUT2D eigenvalue weighted by Gasteiger charge is -2.35. The fourth-order valence-electron chi connectivity index (χ4n) is 3.62. The van der Waals surface area contributed by atoms with E-state index in [0.29, 0.717) is 30.9 Å². The van der Waals surface area contributed by atoms with E-state index >= 15 is 0 Å². The molecule has 0 spiro atoms. The number of piperazine rings is 1. The number of hydrogen-bond acceptors (Lipinski definition) is 5. The van der Waals surface area contributed by atoms with E-state index in [-0.39, 0.29) is 23.7 Å². The molecule has 2 aromatic rings. The number of hydrogen-bond donors (Lipinski definition) is 1. The Kier molecular flexibility index (Phi) is 5.14. The zero-order chi connectivity index (χ0) is 19.5. The first-order chi connectivity index (χ1) is 13.7. The van der Waals surface area contributed by atoms with Crippen LogP contribution in [-0.2, 0) is 9.59 Å². The van der Waals surface area contributed by atoms with Crippen LogP contribution in [0.2, 0.25) is 0 Å². The van der Waals surface area contributed by atoms with Crippen molar-refractivity contribution in [3.63, 3.8) is 0 Å². The molecule has 2 aliphatic rings. The van der Waals surface area contributed by atoms with Crippen molar-refractivity contribution >= 4 is 23.3 Å². The Bertz CT molecular complexity index is 850. The maximum atomic E-state index is 12.8. The van der Waals surface area contributed by atoms with E-state index < -0.39 is 0 Å². The number of methoxy groups -OCH3 is 1. The number of anilines is 2. The van der Waals surface area contributed by atoms with Gasteiger partial charge in [-0.1, -0.05) is 12.1 Å². The largest absolute Gasteiger partial charge is 0.497 e. The van der Waals surface area contributed by atoms with Gasteiger partial charge >= 0.3 is 0 Å². The number of nitrogens with one attached hydrogen (secondary N) is 1. The number of pyridine rings is 1. The molecule has 1 aliphatic heterocycles. The van der Waals surface area contributed by atoms with Crippen LogP contribution in [-0.4, -0.2) is 55.0 Å². The van der Waals surface area contributed by atoms with Gasteiger partial charge in [-0.15, -0.1) is 0 Å². The molecule has 4 rings (SSSR count). The second-order valence-corrected chi connectivity index (χ2v) is 7.17. The summed E-state index contributed by atoms with van der Waals surface area (Å²) in [6, 6.07) is 13.1. The summed E-state index contributed by atoms with van der Waals surface area (Å²) in [6.07, 6.45) is 2.40. The lowest BCUT2D eigenvalue weighted by atomic mass is 10.2. The van der Waals surface area contributed by atoms with Crippen LogP contribution < -0.4 is 15.0 Å². The predicted octanol–water partition coefficient (Wildman–Crippen LogP) is 2.01. The first-order valence-corrected chi connectivity index (χ1v) is 9.55. The van der Waals surface area contributed by atoms with Gasteiger partial charge in [0.25, 0.3) is 0 Å². The van der Waals surface area contributed by atoms with Gasteiger partial charge in [-0.25, -0.2) is 4.98 Å². The van der Waals surface area contributed by atoms with E-state index in [4.69, 9.17) is 4.74 Å². The maximum Gasteiger partial charge on any atom is 0.228 e. The van der Waals surface area contributed by atoms with E-state index in [1.807, 2.05) is 41.3 Å². The van der Waals surface area contributed by atoms with E-state index in [1.165, 1.54) is 0 Å². The van der Waals surface area contributed by atoms with Crippen LogP contribution >= 0.6 is 0 Å². The van der Waals surface area contributed by atoms with Crippen molar-refractivity contribution in [2.24, 2.45) is 11.8 Å². The minimum Gasteiger partial charge on any atom is -0.497 e. The quantitative estimate of drug-likeness (QED) is 0.859. The van der Waals surface area contributed by atoms with Gasteiger partial charge in [0.15, 0.2) is 0 Å². The van der Waals surface area contributed by atoms with Crippen LogP contribution in [0.25, 0.3) is 0 Å². The fraction of sp³-hybridized carbons (Fsp3) is 0.381. The molecule has 7 heteroatoms. The first-order valence-electron chi connectivity index (χ1n) is 9.55. The molecule has 1 aromatic heterocycles. The summed E-state index contributed by atoms with van der Waals surface area (Å²) < 4.78 is 5.17. The summed E-state index contributed by atoms with van der Waals surface area (Å²) in [5.74, 6) is 1.17. The van der Waals surface area contributed by atoms with E-state index in [2.05, 4.69) is 15.2 Å². The molecule has 2 amide bonds. The van der Waals surface area contributed by atoms with Crippen LogP contribution in [0.15, 0.2) is 48.7 Å². The van der Waals surface area contributed by atoms with Crippen LogP contribution in [0, 0.1) is 11.8 Å². The van der Waals surface area contributed by atoms with Crippen molar-refractivity contribution in [1.82, 2.24) is 9.88 Å². The molecule has 2 heterocycles. The lowest BCUT2D eigenvalue weighted by Crippen LogP contribution is -2.49. The highest BCUT2D eigenvalue weighted by atomic mass is 16.5. The van der Waals surface area contributed by atoms with Gasteiger partial charge < -0.3 is 19.9 Å². The Labute approximate surface area is 164 Å².